The molecule has 0 bridgehead atoms. The second kappa shape index (κ2) is 7.82. The van der Waals surface area contributed by atoms with Crippen molar-refractivity contribution in [1.29, 1.82) is 0 Å². The number of carbonyl (C=O) groups is 2. The van der Waals surface area contributed by atoms with Gasteiger partial charge in [0.1, 0.15) is 6.61 Å². The number of halogens is 1. The van der Waals surface area contributed by atoms with Crippen molar-refractivity contribution in [3.63, 3.8) is 0 Å². The molecule has 1 aromatic rings. The zero-order valence-electron chi connectivity index (χ0n) is 13.0. The van der Waals surface area contributed by atoms with Gasteiger partial charge in [0.05, 0.1) is 22.2 Å². The molecule has 3 amide bonds. The molecule has 1 aromatic carbocycles. The number of hydrogen-bond acceptors (Lipinski definition) is 5. The predicted octanol–water partition coefficient (Wildman–Crippen LogP) is 1.19. The highest BCUT2D eigenvalue weighted by molar-refractivity contribution is 7.91. The number of nitrogens with zero attached hydrogens (tertiary/aromatic N) is 1. The summed E-state index contributed by atoms with van der Waals surface area (Å²) in [6.45, 7) is 0.179. The lowest BCUT2D eigenvalue weighted by Crippen LogP contribution is -2.45. The molecule has 1 saturated heterocycles. The lowest BCUT2D eigenvalue weighted by Gasteiger charge is -2.27. The summed E-state index contributed by atoms with van der Waals surface area (Å²) in [4.78, 5) is 25.1. The maximum absolute atomic E-state index is 12.2. The monoisotopic (exact) mass is 375 g/mol. The first-order valence-electron chi connectivity index (χ1n) is 7.15. The molecule has 24 heavy (non-hydrogen) atoms. The normalized spacial score (nSPS) is 16.5. The number of methoxy groups -OCH3 is 1. The van der Waals surface area contributed by atoms with E-state index in [1.807, 2.05) is 0 Å². The van der Waals surface area contributed by atoms with E-state index >= 15 is 0 Å². The van der Waals surface area contributed by atoms with E-state index in [1.54, 1.807) is 12.1 Å². The fourth-order valence-corrected chi connectivity index (χ4v) is 3.50. The van der Waals surface area contributed by atoms with Gasteiger partial charge < -0.3 is 20.3 Å². The summed E-state index contributed by atoms with van der Waals surface area (Å²) in [5.74, 6) is -0.443. The number of carbonyl (C=O) groups excluding carboxylic acids is 2. The quantitative estimate of drug-likeness (QED) is 0.822. The molecule has 0 aliphatic carbocycles. The standard InChI is InChI=1S/C14H18ClN3O5S/c1-23-9-13(19)16-10-2-3-11(15)12(8-10)17-14(20)18-4-6-24(21,22)7-5-18/h2-3,8H,4-7,9H2,1H3,(H,16,19)(H,17,20). The zero-order valence-corrected chi connectivity index (χ0v) is 14.6. The molecule has 10 heteroatoms. The maximum Gasteiger partial charge on any atom is 0.321 e. The van der Waals surface area contributed by atoms with Crippen molar-refractivity contribution in [3.8, 4) is 0 Å². The van der Waals surface area contributed by atoms with Crippen molar-refractivity contribution in [3.05, 3.63) is 23.2 Å². The van der Waals surface area contributed by atoms with Crippen LogP contribution >= 0.6 is 11.6 Å². The SMILES string of the molecule is COCC(=O)Nc1ccc(Cl)c(NC(=O)N2CCS(=O)(=O)CC2)c1. The van der Waals surface area contributed by atoms with Gasteiger partial charge in [-0.05, 0) is 18.2 Å². The Labute approximate surface area is 145 Å². The smallest absolute Gasteiger partial charge is 0.321 e. The summed E-state index contributed by atoms with van der Waals surface area (Å²) in [6.07, 6.45) is 0. The van der Waals surface area contributed by atoms with Crippen LogP contribution in [0.4, 0.5) is 16.2 Å². The maximum atomic E-state index is 12.2. The molecular formula is C14H18ClN3O5S. The van der Waals surface area contributed by atoms with Gasteiger partial charge in [-0.25, -0.2) is 13.2 Å². The van der Waals surface area contributed by atoms with Crippen LogP contribution in [-0.4, -0.2) is 63.6 Å². The predicted molar refractivity (Wildman–Crippen MR) is 91.2 cm³/mol. The number of ether oxygens (including phenoxy) is 1. The summed E-state index contributed by atoms with van der Waals surface area (Å²) < 4.78 is 27.5. The Morgan fingerprint density at radius 2 is 1.92 bits per heavy atom. The van der Waals surface area contributed by atoms with Gasteiger partial charge >= 0.3 is 6.03 Å². The third-order valence-electron chi connectivity index (χ3n) is 3.40. The summed E-state index contributed by atoms with van der Waals surface area (Å²) in [5.41, 5.74) is 0.781. The number of sulfone groups is 1. The minimum absolute atomic E-state index is 0.0543. The molecule has 0 aromatic heterocycles. The lowest BCUT2D eigenvalue weighted by atomic mass is 10.2. The number of hydrogen-bond donors (Lipinski definition) is 2. The molecule has 2 N–H and O–H groups in total. The number of nitrogens with one attached hydrogen (secondary N) is 2. The summed E-state index contributed by atoms with van der Waals surface area (Å²) >= 11 is 6.06. The van der Waals surface area contributed by atoms with E-state index in [0.29, 0.717) is 16.4 Å². The third kappa shape index (κ3) is 5.08. The van der Waals surface area contributed by atoms with Gasteiger partial charge in [0.25, 0.3) is 0 Å². The van der Waals surface area contributed by atoms with Crippen LogP contribution in [0.3, 0.4) is 0 Å². The minimum atomic E-state index is -3.06. The molecule has 0 atom stereocenters. The first kappa shape index (κ1) is 18.5. The molecule has 2 rings (SSSR count). The van der Waals surface area contributed by atoms with Gasteiger partial charge in [0.2, 0.25) is 5.91 Å². The fraction of sp³-hybridized carbons (Fsp3) is 0.429. The molecule has 8 nitrogen and oxygen atoms in total. The van der Waals surface area contributed by atoms with E-state index < -0.39 is 15.9 Å². The Kier molecular flexibility index (Phi) is 6.03. The first-order chi connectivity index (χ1) is 11.3. The molecule has 1 heterocycles. The molecular weight excluding hydrogens is 358 g/mol. The highest BCUT2D eigenvalue weighted by Crippen LogP contribution is 2.26. The first-order valence-corrected chi connectivity index (χ1v) is 9.35. The number of rotatable bonds is 4. The Morgan fingerprint density at radius 1 is 1.25 bits per heavy atom. The highest BCUT2D eigenvalue weighted by atomic mass is 35.5. The van der Waals surface area contributed by atoms with Crippen molar-refractivity contribution >= 4 is 44.8 Å². The van der Waals surface area contributed by atoms with E-state index in [2.05, 4.69) is 10.6 Å². The highest BCUT2D eigenvalue weighted by Gasteiger charge is 2.25. The van der Waals surface area contributed by atoms with E-state index in [1.165, 1.54) is 18.1 Å². The van der Waals surface area contributed by atoms with Crippen LogP contribution in [0.1, 0.15) is 0 Å². The van der Waals surface area contributed by atoms with Gasteiger partial charge in [-0.2, -0.15) is 0 Å². The van der Waals surface area contributed by atoms with Crippen molar-refractivity contribution in [1.82, 2.24) is 4.90 Å². The van der Waals surface area contributed by atoms with E-state index in [9.17, 15) is 18.0 Å². The van der Waals surface area contributed by atoms with Gasteiger partial charge in [-0.3, -0.25) is 4.79 Å². The molecule has 1 aliphatic heterocycles. The molecule has 132 valence electrons. The van der Waals surface area contributed by atoms with Crippen molar-refractivity contribution in [2.75, 3.05) is 48.9 Å². The van der Waals surface area contributed by atoms with Crippen LogP contribution in [0.2, 0.25) is 5.02 Å². The number of urea groups is 1. The van der Waals surface area contributed by atoms with Crippen LogP contribution < -0.4 is 10.6 Å². The van der Waals surface area contributed by atoms with Crippen LogP contribution in [0, 0.1) is 0 Å². The molecule has 0 unspecified atom stereocenters. The Balaban J connectivity index is 2.03. The number of anilines is 2. The Hall–Kier alpha value is -1.84. The molecule has 0 saturated carbocycles. The summed E-state index contributed by atoms with van der Waals surface area (Å²) in [6, 6.07) is 4.22. The largest absolute Gasteiger partial charge is 0.375 e. The van der Waals surface area contributed by atoms with E-state index in [0.717, 1.165) is 0 Å². The van der Waals surface area contributed by atoms with Crippen LogP contribution in [0.5, 0.6) is 0 Å². The number of benzene rings is 1. The van der Waals surface area contributed by atoms with E-state index in [4.69, 9.17) is 16.3 Å². The second-order valence-corrected chi connectivity index (χ2v) is 7.96. The Morgan fingerprint density at radius 3 is 2.54 bits per heavy atom. The Bertz CT molecular complexity index is 724. The van der Waals surface area contributed by atoms with Gasteiger partial charge in [0.15, 0.2) is 9.84 Å². The molecule has 0 spiro atoms. The minimum Gasteiger partial charge on any atom is -0.375 e. The van der Waals surface area contributed by atoms with Crippen LogP contribution in [0.15, 0.2) is 18.2 Å². The van der Waals surface area contributed by atoms with Gasteiger partial charge in [-0.15, -0.1) is 0 Å². The second-order valence-electron chi connectivity index (χ2n) is 5.24. The van der Waals surface area contributed by atoms with Gasteiger partial charge in [0, 0.05) is 25.9 Å². The van der Waals surface area contributed by atoms with Crippen LogP contribution in [-0.2, 0) is 19.4 Å². The lowest BCUT2D eigenvalue weighted by molar-refractivity contribution is -0.119. The third-order valence-corrected chi connectivity index (χ3v) is 5.34. The van der Waals surface area contributed by atoms with E-state index in [-0.39, 0.29) is 37.1 Å². The van der Waals surface area contributed by atoms with Crippen LogP contribution in [0.25, 0.3) is 0 Å². The van der Waals surface area contributed by atoms with Crippen molar-refractivity contribution in [2.45, 2.75) is 0 Å². The number of amides is 3. The molecule has 1 fully saturated rings. The van der Waals surface area contributed by atoms with Crippen molar-refractivity contribution < 1.29 is 22.7 Å². The topological polar surface area (TPSA) is 105 Å². The molecule has 1 aliphatic rings. The average molecular weight is 376 g/mol. The summed E-state index contributed by atoms with van der Waals surface area (Å²) in [7, 11) is -1.65. The fourth-order valence-electron chi connectivity index (χ4n) is 2.14. The average Bonchev–Trinajstić information content (AvgIpc) is 2.50. The summed E-state index contributed by atoms with van der Waals surface area (Å²) in [5, 5.41) is 5.54. The molecule has 0 radical (unpaired) electrons. The zero-order chi connectivity index (χ0) is 17.7. The van der Waals surface area contributed by atoms with Gasteiger partial charge in [-0.1, -0.05) is 11.6 Å². The van der Waals surface area contributed by atoms with Crippen molar-refractivity contribution in [2.24, 2.45) is 0 Å².